The fourth-order valence-electron chi connectivity index (χ4n) is 2.22. The molecule has 0 aromatic carbocycles. The van der Waals surface area contributed by atoms with Gasteiger partial charge in [-0.25, -0.2) is 0 Å². The van der Waals surface area contributed by atoms with Gasteiger partial charge >= 0.3 is 0 Å². The zero-order valence-electron chi connectivity index (χ0n) is 12.1. The molecule has 0 aliphatic carbocycles. The van der Waals surface area contributed by atoms with Crippen LogP contribution in [-0.2, 0) is 4.79 Å². The monoisotopic (exact) mass is 255 g/mol. The number of hydrogen-bond acceptors (Lipinski definition) is 3. The van der Waals surface area contributed by atoms with E-state index in [2.05, 4.69) is 17.1 Å². The minimum atomic E-state index is -0.374. The lowest BCUT2D eigenvalue weighted by molar-refractivity contribution is -0.123. The standard InChI is InChI=1S/C14H29N3O/c1-11(2)13(15)14(18)16-7-4-8-17-9-5-12(3)6-10-17/h11-13H,4-10,15H2,1-3H3,(H,16,18)/t13-/m1/s1. The summed E-state index contributed by atoms with van der Waals surface area (Å²) in [5.41, 5.74) is 5.78. The van der Waals surface area contributed by atoms with Crippen LogP contribution in [0.3, 0.4) is 0 Å². The molecule has 0 bridgehead atoms. The summed E-state index contributed by atoms with van der Waals surface area (Å²) in [6, 6.07) is -0.374. The summed E-state index contributed by atoms with van der Waals surface area (Å²) in [5.74, 6) is 1.07. The number of piperidine rings is 1. The van der Waals surface area contributed by atoms with Gasteiger partial charge in [-0.1, -0.05) is 20.8 Å². The Morgan fingerprint density at radius 2 is 2.00 bits per heavy atom. The van der Waals surface area contributed by atoms with Crippen LogP contribution in [0.2, 0.25) is 0 Å². The van der Waals surface area contributed by atoms with Crippen molar-refractivity contribution < 1.29 is 4.79 Å². The summed E-state index contributed by atoms with van der Waals surface area (Å²) in [6.07, 6.45) is 3.64. The average Bonchev–Trinajstić information content (AvgIpc) is 2.35. The van der Waals surface area contributed by atoms with Gasteiger partial charge in [-0.2, -0.15) is 0 Å². The van der Waals surface area contributed by atoms with Crippen molar-refractivity contribution in [2.75, 3.05) is 26.2 Å². The minimum absolute atomic E-state index is 0.0164. The number of nitrogens with one attached hydrogen (secondary N) is 1. The van der Waals surface area contributed by atoms with E-state index in [0.717, 1.165) is 25.4 Å². The minimum Gasteiger partial charge on any atom is -0.355 e. The van der Waals surface area contributed by atoms with Crippen molar-refractivity contribution in [1.82, 2.24) is 10.2 Å². The highest BCUT2D eigenvalue weighted by atomic mass is 16.2. The van der Waals surface area contributed by atoms with Gasteiger partial charge in [0.25, 0.3) is 0 Å². The molecule has 0 saturated carbocycles. The third kappa shape index (κ3) is 5.36. The lowest BCUT2D eigenvalue weighted by Crippen LogP contribution is -2.44. The second kappa shape index (κ2) is 7.74. The molecule has 1 heterocycles. The van der Waals surface area contributed by atoms with Gasteiger partial charge in [-0.15, -0.1) is 0 Å². The van der Waals surface area contributed by atoms with Gasteiger partial charge in [0.05, 0.1) is 6.04 Å². The van der Waals surface area contributed by atoms with E-state index >= 15 is 0 Å². The molecular weight excluding hydrogens is 226 g/mol. The Morgan fingerprint density at radius 1 is 1.39 bits per heavy atom. The number of amides is 1. The maximum atomic E-state index is 11.6. The van der Waals surface area contributed by atoms with Crippen LogP contribution >= 0.6 is 0 Å². The van der Waals surface area contributed by atoms with Crippen LogP contribution in [-0.4, -0.2) is 43.0 Å². The van der Waals surface area contributed by atoms with Crippen LogP contribution < -0.4 is 11.1 Å². The van der Waals surface area contributed by atoms with Gasteiger partial charge < -0.3 is 16.0 Å². The molecule has 106 valence electrons. The van der Waals surface area contributed by atoms with E-state index in [0.29, 0.717) is 0 Å². The van der Waals surface area contributed by atoms with Crippen molar-refractivity contribution in [3.8, 4) is 0 Å². The zero-order chi connectivity index (χ0) is 13.5. The second-order valence-electron chi connectivity index (χ2n) is 5.94. The first-order valence-corrected chi connectivity index (χ1v) is 7.26. The van der Waals surface area contributed by atoms with Gasteiger partial charge in [0.2, 0.25) is 5.91 Å². The molecule has 4 nitrogen and oxygen atoms in total. The third-order valence-corrected chi connectivity index (χ3v) is 3.85. The number of carbonyl (C=O) groups is 1. The first kappa shape index (κ1) is 15.4. The summed E-state index contributed by atoms with van der Waals surface area (Å²) in [4.78, 5) is 14.1. The molecule has 0 aromatic heterocycles. The first-order chi connectivity index (χ1) is 8.50. The molecule has 1 aliphatic rings. The van der Waals surface area contributed by atoms with E-state index < -0.39 is 0 Å². The molecule has 1 saturated heterocycles. The van der Waals surface area contributed by atoms with Crippen molar-refractivity contribution in [2.24, 2.45) is 17.6 Å². The van der Waals surface area contributed by atoms with Crippen LogP contribution in [0.4, 0.5) is 0 Å². The van der Waals surface area contributed by atoms with Crippen molar-refractivity contribution in [3.05, 3.63) is 0 Å². The molecule has 3 N–H and O–H groups in total. The molecule has 1 aliphatic heterocycles. The molecule has 18 heavy (non-hydrogen) atoms. The fourth-order valence-corrected chi connectivity index (χ4v) is 2.22. The van der Waals surface area contributed by atoms with Crippen molar-refractivity contribution in [3.63, 3.8) is 0 Å². The van der Waals surface area contributed by atoms with Gasteiger partial charge in [0.1, 0.15) is 0 Å². The Kier molecular flexibility index (Phi) is 6.65. The SMILES string of the molecule is CC1CCN(CCCNC(=O)[C@H](N)C(C)C)CC1. The summed E-state index contributed by atoms with van der Waals surface area (Å²) < 4.78 is 0. The lowest BCUT2D eigenvalue weighted by atomic mass is 9.99. The highest BCUT2D eigenvalue weighted by Crippen LogP contribution is 2.15. The van der Waals surface area contributed by atoms with Gasteiger partial charge in [-0.3, -0.25) is 4.79 Å². The van der Waals surface area contributed by atoms with E-state index in [4.69, 9.17) is 5.73 Å². The van der Waals surface area contributed by atoms with Crippen LogP contribution in [0, 0.1) is 11.8 Å². The maximum Gasteiger partial charge on any atom is 0.237 e. The molecule has 1 fully saturated rings. The van der Waals surface area contributed by atoms with Crippen molar-refractivity contribution in [1.29, 1.82) is 0 Å². The summed E-state index contributed by atoms with van der Waals surface area (Å²) >= 11 is 0. The van der Waals surface area contributed by atoms with Crippen LogP contribution in [0.5, 0.6) is 0 Å². The molecule has 0 spiro atoms. The average molecular weight is 255 g/mol. The van der Waals surface area contributed by atoms with Gasteiger partial charge in [-0.05, 0) is 50.7 Å². The Bertz CT molecular complexity index is 247. The number of nitrogens with two attached hydrogens (primary N) is 1. The number of nitrogens with zero attached hydrogens (tertiary/aromatic N) is 1. The Labute approximate surface area is 111 Å². The Hall–Kier alpha value is -0.610. The van der Waals surface area contributed by atoms with E-state index in [1.807, 2.05) is 13.8 Å². The molecule has 1 rings (SSSR count). The Morgan fingerprint density at radius 3 is 2.56 bits per heavy atom. The molecular formula is C14H29N3O. The highest BCUT2D eigenvalue weighted by Gasteiger charge is 2.17. The molecule has 0 radical (unpaired) electrons. The molecule has 4 heteroatoms. The Balaban J connectivity index is 2.06. The summed E-state index contributed by atoms with van der Waals surface area (Å²) in [5, 5.41) is 2.92. The molecule has 1 amide bonds. The summed E-state index contributed by atoms with van der Waals surface area (Å²) in [7, 11) is 0. The fraction of sp³-hybridized carbons (Fsp3) is 0.929. The van der Waals surface area contributed by atoms with E-state index in [1.54, 1.807) is 0 Å². The van der Waals surface area contributed by atoms with Crippen LogP contribution in [0.25, 0.3) is 0 Å². The smallest absolute Gasteiger partial charge is 0.237 e. The highest BCUT2D eigenvalue weighted by molar-refractivity contribution is 5.81. The largest absolute Gasteiger partial charge is 0.355 e. The first-order valence-electron chi connectivity index (χ1n) is 7.26. The number of likely N-dealkylation sites (tertiary alicyclic amines) is 1. The number of carbonyl (C=O) groups excluding carboxylic acids is 1. The van der Waals surface area contributed by atoms with Crippen LogP contribution in [0.1, 0.15) is 40.0 Å². The predicted molar refractivity (Wildman–Crippen MR) is 75.3 cm³/mol. The van der Waals surface area contributed by atoms with Crippen LogP contribution in [0.15, 0.2) is 0 Å². The van der Waals surface area contributed by atoms with E-state index in [1.165, 1.54) is 25.9 Å². The third-order valence-electron chi connectivity index (χ3n) is 3.85. The summed E-state index contributed by atoms with van der Waals surface area (Å²) in [6.45, 7) is 10.5. The van der Waals surface area contributed by atoms with E-state index in [9.17, 15) is 4.79 Å². The van der Waals surface area contributed by atoms with Gasteiger partial charge in [0, 0.05) is 6.54 Å². The molecule has 1 atom stereocenters. The maximum absolute atomic E-state index is 11.6. The number of hydrogen-bond donors (Lipinski definition) is 2. The molecule has 0 aromatic rings. The molecule has 0 unspecified atom stereocenters. The zero-order valence-corrected chi connectivity index (χ0v) is 12.1. The predicted octanol–water partition coefficient (Wildman–Crippen LogP) is 1.21. The van der Waals surface area contributed by atoms with Crippen molar-refractivity contribution in [2.45, 2.75) is 46.1 Å². The lowest BCUT2D eigenvalue weighted by Gasteiger charge is -2.30. The van der Waals surface area contributed by atoms with Crippen molar-refractivity contribution >= 4 is 5.91 Å². The van der Waals surface area contributed by atoms with E-state index in [-0.39, 0.29) is 17.9 Å². The van der Waals surface area contributed by atoms with Gasteiger partial charge in [0.15, 0.2) is 0 Å². The normalized spacial score (nSPS) is 20.1. The number of rotatable bonds is 6. The second-order valence-corrected chi connectivity index (χ2v) is 5.94. The topological polar surface area (TPSA) is 58.4 Å². The quantitative estimate of drug-likeness (QED) is 0.701.